The first kappa shape index (κ1) is 16.5. The molecule has 0 aromatic heterocycles. The first-order valence-corrected chi connectivity index (χ1v) is 7.12. The number of hydrogen-bond donors (Lipinski definition) is 2. The van der Waals surface area contributed by atoms with Gasteiger partial charge in [-0.3, -0.25) is 4.79 Å². The summed E-state index contributed by atoms with van der Waals surface area (Å²) in [6.45, 7) is 5.91. The molecule has 0 aliphatic carbocycles. The van der Waals surface area contributed by atoms with Gasteiger partial charge in [-0.2, -0.15) is 0 Å². The fourth-order valence-corrected chi connectivity index (χ4v) is 2.08. The Morgan fingerprint density at radius 2 is 2.05 bits per heavy atom. The van der Waals surface area contributed by atoms with Crippen LogP contribution >= 0.6 is 15.9 Å². The molecule has 1 aromatic rings. The summed E-state index contributed by atoms with van der Waals surface area (Å²) in [5, 5.41) is 11.6. The summed E-state index contributed by atoms with van der Waals surface area (Å²) in [4.78, 5) is 24.2. The van der Waals surface area contributed by atoms with Crippen molar-refractivity contribution in [2.24, 2.45) is 5.92 Å². The Kier molecular flexibility index (Phi) is 6.01. The van der Waals surface area contributed by atoms with E-state index in [2.05, 4.69) is 21.2 Å². The summed E-state index contributed by atoms with van der Waals surface area (Å²) in [5.41, 5.74) is 1.69. The molecule has 20 heavy (non-hydrogen) atoms. The van der Waals surface area contributed by atoms with Crippen LogP contribution in [-0.2, 0) is 4.79 Å². The van der Waals surface area contributed by atoms with E-state index < -0.39 is 12.0 Å². The Hall–Kier alpha value is -1.56. The van der Waals surface area contributed by atoms with E-state index in [1.54, 1.807) is 12.1 Å². The van der Waals surface area contributed by atoms with Gasteiger partial charge in [-0.25, -0.2) is 4.79 Å². The summed E-state index contributed by atoms with van der Waals surface area (Å²) in [6, 6.07) is 5.05. The smallest absolute Gasteiger partial charge is 0.323 e. The SMILES string of the molecule is Cc1ccc(NC(=O)N(CC(=O)O)CC(C)C)cc1Br. The van der Waals surface area contributed by atoms with Crippen LogP contribution in [0.4, 0.5) is 10.5 Å². The van der Waals surface area contributed by atoms with Gasteiger partial charge in [-0.1, -0.05) is 35.8 Å². The molecule has 2 amide bonds. The molecule has 110 valence electrons. The van der Waals surface area contributed by atoms with Gasteiger partial charge < -0.3 is 15.3 Å². The molecule has 0 radical (unpaired) electrons. The van der Waals surface area contributed by atoms with Crippen molar-refractivity contribution in [3.05, 3.63) is 28.2 Å². The Morgan fingerprint density at radius 1 is 1.40 bits per heavy atom. The van der Waals surface area contributed by atoms with E-state index in [4.69, 9.17) is 5.11 Å². The number of carboxylic acids is 1. The van der Waals surface area contributed by atoms with Crippen LogP contribution in [0.2, 0.25) is 0 Å². The molecule has 0 unspecified atom stereocenters. The molecule has 0 spiro atoms. The number of rotatable bonds is 5. The summed E-state index contributed by atoms with van der Waals surface area (Å²) in [6.07, 6.45) is 0. The average molecular weight is 343 g/mol. The normalized spacial score (nSPS) is 10.4. The molecule has 2 N–H and O–H groups in total. The molecule has 5 nitrogen and oxygen atoms in total. The van der Waals surface area contributed by atoms with E-state index in [0.29, 0.717) is 12.2 Å². The highest BCUT2D eigenvalue weighted by Gasteiger charge is 2.18. The second kappa shape index (κ2) is 7.28. The number of carboxylic acid groups (broad SMARTS) is 1. The lowest BCUT2D eigenvalue weighted by atomic mass is 10.2. The highest BCUT2D eigenvalue weighted by atomic mass is 79.9. The van der Waals surface area contributed by atoms with Gasteiger partial charge in [-0.05, 0) is 30.5 Å². The molecule has 0 aliphatic rings. The van der Waals surface area contributed by atoms with Crippen LogP contribution < -0.4 is 5.32 Å². The number of nitrogens with zero attached hydrogens (tertiary/aromatic N) is 1. The quantitative estimate of drug-likeness (QED) is 0.862. The lowest BCUT2D eigenvalue weighted by molar-refractivity contribution is -0.137. The third kappa shape index (κ3) is 5.21. The highest BCUT2D eigenvalue weighted by Crippen LogP contribution is 2.20. The van der Waals surface area contributed by atoms with E-state index in [1.807, 2.05) is 26.8 Å². The van der Waals surface area contributed by atoms with Crippen LogP contribution in [-0.4, -0.2) is 35.1 Å². The summed E-state index contributed by atoms with van der Waals surface area (Å²) in [7, 11) is 0. The van der Waals surface area contributed by atoms with Crippen LogP contribution in [0.1, 0.15) is 19.4 Å². The van der Waals surface area contributed by atoms with E-state index >= 15 is 0 Å². The number of hydrogen-bond acceptors (Lipinski definition) is 2. The molecule has 0 aliphatic heterocycles. The van der Waals surface area contributed by atoms with Gasteiger partial charge >= 0.3 is 12.0 Å². The standard InChI is InChI=1S/C14H19BrN2O3/c1-9(2)7-17(8-13(18)19)14(20)16-11-5-4-10(3)12(15)6-11/h4-6,9H,7-8H2,1-3H3,(H,16,20)(H,18,19). The number of anilines is 1. The first-order valence-electron chi connectivity index (χ1n) is 6.33. The van der Waals surface area contributed by atoms with Crippen molar-refractivity contribution in [3.63, 3.8) is 0 Å². The van der Waals surface area contributed by atoms with Gasteiger partial charge in [0.25, 0.3) is 0 Å². The molecule has 1 rings (SSSR count). The van der Waals surface area contributed by atoms with Gasteiger partial charge in [0.05, 0.1) is 0 Å². The van der Waals surface area contributed by atoms with Crippen LogP contribution in [0, 0.1) is 12.8 Å². The van der Waals surface area contributed by atoms with Crippen molar-refractivity contribution in [1.29, 1.82) is 0 Å². The topological polar surface area (TPSA) is 69.6 Å². The minimum absolute atomic E-state index is 0.199. The van der Waals surface area contributed by atoms with E-state index in [-0.39, 0.29) is 12.5 Å². The van der Waals surface area contributed by atoms with Crippen molar-refractivity contribution in [2.75, 3.05) is 18.4 Å². The largest absolute Gasteiger partial charge is 0.480 e. The predicted octanol–water partition coefficient (Wildman–Crippen LogP) is 3.33. The second-order valence-corrected chi connectivity index (χ2v) is 5.92. The van der Waals surface area contributed by atoms with Crippen molar-refractivity contribution >= 4 is 33.6 Å². The zero-order chi connectivity index (χ0) is 15.3. The summed E-state index contributed by atoms with van der Waals surface area (Å²) >= 11 is 3.39. The maximum atomic E-state index is 12.1. The van der Waals surface area contributed by atoms with Crippen molar-refractivity contribution in [3.8, 4) is 0 Å². The predicted molar refractivity (Wildman–Crippen MR) is 81.9 cm³/mol. The monoisotopic (exact) mass is 342 g/mol. The second-order valence-electron chi connectivity index (χ2n) is 5.06. The summed E-state index contributed by atoms with van der Waals surface area (Å²) in [5.74, 6) is -0.823. The van der Waals surface area contributed by atoms with Crippen LogP contribution in [0.25, 0.3) is 0 Å². The maximum Gasteiger partial charge on any atom is 0.323 e. The number of carbonyl (C=O) groups excluding carboxylic acids is 1. The van der Waals surface area contributed by atoms with Crippen LogP contribution in [0.5, 0.6) is 0 Å². The zero-order valence-corrected chi connectivity index (χ0v) is 13.4. The van der Waals surface area contributed by atoms with Crippen molar-refractivity contribution in [1.82, 2.24) is 4.90 Å². The molecule has 0 saturated carbocycles. The number of halogens is 1. The van der Waals surface area contributed by atoms with Gasteiger partial charge in [0, 0.05) is 16.7 Å². The molecule has 0 fully saturated rings. The van der Waals surface area contributed by atoms with Crippen molar-refractivity contribution < 1.29 is 14.7 Å². The third-order valence-electron chi connectivity index (χ3n) is 2.62. The maximum absolute atomic E-state index is 12.1. The first-order chi connectivity index (χ1) is 9.29. The number of carbonyl (C=O) groups is 2. The molecule has 0 saturated heterocycles. The molecule has 1 aromatic carbocycles. The highest BCUT2D eigenvalue weighted by molar-refractivity contribution is 9.10. The van der Waals surface area contributed by atoms with Gasteiger partial charge in [-0.15, -0.1) is 0 Å². The van der Waals surface area contributed by atoms with E-state index in [1.165, 1.54) is 4.90 Å². The third-order valence-corrected chi connectivity index (χ3v) is 3.48. The lowest BCUT2D eigenvalue weighted by Crippen LogP contribution is -2.40. The number of amides is 2. The minimum atomic E-state index is -1.02. The number of urea groups is 1. The molecular weight excluding hydrogens is 324 g/mol. The number of benzene rings is 1. The van der Waals surface area contributed by atoms with Gasteiger partial charge in [0.2, 0.25) is 0 Å². The van der Waals surface area contributed by atoms with Crippen LogP contribution in [0.3, 0.4) is 0 Å². The number of aliphatic carboxylic acids is 1. The van der Waals surface area contributed by atoms with Gasteiger partial charge in [0.15, 0.2) is 0 Å². The Morgan fingerprint density at radius 3 is 2.55 bits per heavy atom. The molecule has 0 heterocycles. The van der Waals surface area contributed by atoms with E-state index in [0.717, 1.165) is 10.0 Å². The molecular formula is C14H19BrN2O3. The number of aryl methyl sites for hydroxylation is 1. The van der Waals surface area contributed by atoms with Crippen LogP contribution in [0.15, 0.2) is 22.7 Å². The molecule has 0 atom stereocenters. The molecule has 0 bridgehead atoms. The van der Waals surface area contributed by atoms with Gasteiger partial charge in [0.1, 0.15) is 6.54 Å². The Bertz CT molecular complexity index is 503. The fraction of sp³-hybridized carbons (Fsp3) is 0.429. The van der Waals surface area contributed by atoms with Crippen molar-refractivity contribution in [2.45, 2.75) is 20.8 Å². The zero-order valence-electron chi connectivity index (χ0n) is 11.8. The lowest BCUT2D eigenvalue weighted by Gasteiger charge is -2.23. The summed E-state index contributed by atoms with van der Waals surface area (Å²) < 4.78 is 0.893. The average Bonchev–Trinajstić information content (AvgIpc) is 2.32. The Balaban J connectivity index is 2.78. The fourth-order valence-electron chi connectivity index (χ4n) is 1.70. The number of nitrogens with one attached hydrogen (secondary N) is 1. The van der Waals surface area contributed by atoms with E-state index in [9.17, 15) is 9.59 Å². The minimum Gasteiger partial charge on any atom is -0.480 e. The molecule has 6 heteroatoms. The Labute approximate surface area is 127 Å².